The van der Waals surface area contributed by atoms with Crippen molar-refractivity contribution in [3.63, 3.8) is 0 Å². The van der Waals surface area contributed by atoms with Gasteiger partial charge in [-0.1, -0.05) is 12.2 Å². The molecule has 1 atom stereocenters. The van der Waals surface area contributed by atoms with Crippen molar-refractivity contribution in [2.45, 2.75) is 38.5 Å². The second-order valence-corrected chi connectivity index (χ2v) is 5.98. The Morgan fingerprint density at radius 2 is 2.05 bits per heavy atom. The molecule has 0 bridgehead atoms. The van der Waals surface area contributed by atoms with Crippen LogP contribution in [0.3, 0.4) is 0 Å². The number of hydrogen-bond donors (Lipinski definition) is 1. The van der Waals surface area contributed by atoms with E-state index in [1.54, 1.807) is 0 Å². The van der Waals surface area contributed by atoms with Gasteiger partial charge < -0.3 is 10.2 Å². The third-order valence-electron chi connectivity index (χ3n) is 4.40. The molecule has 1 fully saturated rings. The first-order chi connectivity index (χ1) is 9.92. The van der Waals surface area contributed by atoms with Gasteiger partial charge in [0.25, 0.3) is 0 Å². The van der Waals surface area contributed by atoms with Gasteiger partial charge in [-0.3, -0.25) is 0 Å². The van der Waals surface area contributed by atoms with E-state index < -0.39 is 0 Å². The van der Waals surface area contributed by atoms with Crippen LogP contribution in [0.1, 0.15) is 38.5 Å². The van der Waals surface area contributed by atoms with Gasteiger partial charge in [0.2, 0.25) is 0 Å². The Bertz CT molecular complexity index is 432. The van der Waals surface area contributed by atoms with E-state index in [9.17, 15) is 0 Å². The lowest BCUT2D eigenvalue weighted by atomic mass is 9.94. The zero-order valence-corrected chi connectivity index (χ0v) is 12.2. The van der Waals surface area contributed by atoms with Gasteiger partial charge in [-0.05, 0) is 56.6 Å². The number of piperidine rings is 1. The van der Waals surface area contributed by atoms with E-state index >= 15 is 0 Å². The average molecular weight is 271 g/mol. The lowest BCUT2D eigenvalue weighted by Gasteiger charge is -2.27. The molecule has 1 saturated heterocycles. The topological polar surface area (TPSA) is 28.2 Å². The molecule has 3 rings (SSSR count). The fourth-order valence-electron chi connectivity index (χ4n) is 3.10. The van der Waals surface area contributed by atoms with Gasteiger partial charge in [0.15, 0.2) is 0 Å². The Kier molecular flexibility index (Phi) is 4.57. The number of nitrogens with zero attached hydrogens (tertiary/aromatic N) is 2. The van der Waals surface area contributed by atoms with Crippen molar-refractivity contribution in [1.82, 2.24) is 4.98 Å². The summed E-state index contributed by atoms with van der Waals surface area (Å²) in [6.07, 6.45) is 14.3. The molecule has 0 saturated carbocycles. The van der Waals surface area contributed by atoms with Crippen molar-refractivity contribution in [2.24, 2.45) is 5.92 Å². The Morgan fingerprint density at radius 1 is 1.15 bits per heavy atom. The van der Waals surface area contributed by atoms with E-state index in [2.05, 4.69) is 39.5 Å². The standard InChI is InChI=1S/C17H25N3/c1-3-7-15(8-4-1)13-18-16-9-10-17(19-14-16)20-11-5-2-6-12-20/h1,3,9-10,14-15,18H,2,4-8,11-13H2. The maximum absolute atomic E-state index is 4.62. The Morgan fingerprint density at radius 3 is 2.75 bits per heavy atom. The highest BCUT2D eigenvalue weighted by Crippen LogP contribution is 2.21. The van der Waals surface area contributed by atoms with Crippen LogP contribution in [-0.2, 0) is 0 Å². The second-order valence-electron chi connectivity index (χ2n) is 5.98. The zero-order chi connectivity index (χ0) is 13.6. The monoisotopic (exact) mass is 271 g/mol. The van der Waals surface area contributed by atoms with E-state index in [-0.39, 0.29) is 0 Å². The Balaban J connectivity index is 1.51. The van der Waals surface area contributed by atoms with Gasteiger partial charge in [-0.15, -0.1) is 0 Å². The molecular formula is C17H25N3. The van der Waals surface area contributed by atoms with Gasteiger partial charge in [0, 0.05) is 19.6 Å². The summed E-state index contributed by atoms with van der Waals surface area (Å²) in [5.74, 6) is 1.91. The summed E-state index contributed by atoms with van der Waals surface area (Å²) in [6, 6.07) is 4.34. The quantitative estimate of drug-likeness (QED) is 0.843. The molecule has 1 aromatic heterocycles. The van der Waals surface area contributed by atoms with Gasteiger partial charge in [0.05, 0.1) is 11.9 Å². The summed E-state index contributed by atoms with van der Waals surface area (Å²) >= 11 is 0. The van der Waals surface area contributed by atoms with E-state index in [4.69, 9.17) is 0 Å². The normalized spacial score (nSPS) is 22.8. The first kappa shape index (κ1) is 13.5. The molecule has 1 N–H and O–H groups in total. The minimum atomic E-state index is 0.779. The van der Waals surface area contributed by atoms with E-state index in [0.29, 0.717) is 0 Å². The predicted octanol–water partition coefficient (Wildman–Crippen LogP) is 3.84. The van der Waals surface area contributed by atoms with Crippen LogP contribution < -0.4 is 10.2 Å². The summed E-state index contributed by atoms with van der Waals surface area (Å²) in [6.45, 7) is 3.39. The van der Waals surface area contributed by atoms with Crippen LogP contribution in [0.15, 0.2) is 30.5 Å². The van der Waals surface area contributed by atoms with E-state index in [1.807, 2.05) is 6.20 Å². The largest absolute Gasteiger partial charge is 0.384 e. The molecule has 0 aromatic carbocycles. The molecule has 0 spiro atoms. The molecule has 0 amide bonds. The molecule has 2 aliphatic rings. The number of pyridine rings is 1. The van der Waals surface area contributed by atoms with Crippen molar-refractivity contribution in [3.8, 4) is 0 Å². The summed E-state index contributed by atoms with van der Waals surface area (Å²) in [4.78, 5) is 7.02. The number of aromatic nitrogens is 1. The molecule has 3 heteroatoms. The fraction of sp³-hybridized carbons (Fsp3) is 0.588. The SMILES string of the molecule is C1=CCC(CNc2ccc(N3CCCCC3)nc2)CC1. The zero-order valence-electron chi connectivity index (χ0n) is 12.2. The van der Waals surface area contributed by atoms with Gasteiger partial charge >= 0.3 is 0 Å². The smallest absolute Gasteiger partial charge is 0.128 e. The molecule has 20 heavy (non-hydrogen) atoms. The summed E-state index contributed by atoms with van der Waals surface area (Å²) < 4.78 is 0. The van der Waals surface area contributed by atoms with Crippen LogP contribution in [0.5, 0.6) is 0 Å². The Hall–Kier alpha value is -1.51. The van der Waals surface area contributed by atoms with E-state index in [1.165, 1.54) is 38.5 Å². The molecule has 1 unspecified atom stereocenters. The molecule has 108 valence electrons. The maximum atomic E-state index is 4.62. The number of hydrogen-bond acceptors (Lipinski definition) is 3. The van der Waals surface area contributed by atoms with Crippen molar-refractivity contribution in [3.05, 3.63) is 30.5 Å². The second kappa shape index (κ2) is 6.78. The third-order valence-corrected chi connectivity index (χ3v) is 4.40. The molecule has 3 nitrogen and oxygen atoms in total. The molecule has 1 aliphatic carbocycles. The molecular weight excluding hydrogens is 246 g/mol. The number of anilines is 2. The maximum Gasteiger partial charge on any atom is 0.128 e. The lowest BCUT2D eigenvalue weighted by molar-refractivity contribution is 0.504. The first-order valence-corrected chi connectivity index (χ1v) is 8.02. The Labute approximate surface area is 122 Å². The molecule has 1 aromatic rings. The number of allylic oxidation sites excluding steroid dienone is 2. The van der Waals surface area contributed by atoms with Crippen LogP contribution in [0, 0.1) is 5.92 Å². The summed E-state index contributed by atoms with van der Waals surface area (Å²) in [7, 11) is 0. The van der Waals surface area contributed by atoms with Crippen LogP contribution in [-0.4, -0.2) is 24.6 Å². The summed E-state index contributed by atoms with van der Waals surface area (Å²) in [5.41, 5.74) is 1.15. The fourth-order valence-corrected chi connectivity index (χ4v) is 3.10. The van der Waals surface area contributed by atoms with Crippen molar-refractivity contribution in [2.75, 3.05) is 29.9 Å². The first-order valence-electron chi connectivity index (χ1n) is 8.02. The molecule has 1 aliphatic heterocycles. The molecule has 0 radical (unpaired) electrons. The average Bonchev–Trinajstić information content (AvgIpc) is 2.55. The number of nitrogens with one attached hydrogen (secondary N) is 1. The predicted molar refractivity (Wildman–Crippen MR) is 85.3 cm³/mol. The van der Waals surface area contributed by atoms with Gasteiger partial charge in [-0.2, -0.15) is 0 Å². The highest BCUT2D eigenvalue weighted by molar-refractivity contribution is 5.48. The summed E-state index contributed by atoms with van der Waals surface area (Å²) in [5, 5.41) is 3.53. The van der Waals surface area contributed by atoms with Gasteiger partial charge in [0.1, 0.15) is 5.82 Å². The highest BCUT2D eigenvalue weighted by Gasteiger charge is 2.12. The van der Waals surface area contributed by atoms with Crippen molar-refractivity contribution >= 4 is 11.5 Å². The highest BCUT2D eigenvalue weighted by atomic mass is 15.2. The van der Waals surface area contributed by atoms with Crippen LogP contribution in [0.2, 0.25) is 0 Å². The van der Waals surface area contributed by atoms with E-state index in [0.717, 1.165) is 37.1 Å². The lowest BCUT2D eigenvalue weighted by Crippen LogP contribution is -2.30. The van der Waals surface area contributed by atoms with Crippen molar-refractivity contribution in [1.29, 1.82) is 0 Å². The third kappa shape index (κ3) is 3.53. The van der Waals surface area contributed by atoms with Crippen LogP contribution >= 0.6 is 0 Å². The van der Waals surface area contributed by atoms with Gasteiger partial charge in [-0.25, -0.2) is 4.98 Å². The minimum absolute atomic E-state index is 0.779. The minimum Gasteiger partial charge on any atom is -0.384 e. The van der Waals surface area contributed by atoms with Crippen LogP contribution in [0.25, 0.3) is 0 Å². The van der Waals surface area contributed by atoms with Crippen molar-refractivity contribution < 1.29 is 0 Å². The van der Waals surface area contributed by atoms with Crippen LogP contribution in [0.4, 0.5) is 11.5 Å². The molecule has 2 heterocycles. The number of rotatable bonds is 4.